The molecule has 6 nitrogen and oxygen atoms in total. The third kappa shape index (κ3) is 47.3. The number of rotatable bonds is 47. The van der Waals surface area contributed by atoms with E-state index >= 15 is 0 Å². The van der Waals surface area contributed by atoms with Crippen molar-refractivity contribution < 1.29 is 28.6 Å². The van der Waals surface area contributed by atoms with E-state index in [1.165, 1.54) is 180 Å². The van der Waals surface area contributed by atoms with E-state index in [1.807, 2.05) is 0 Å². The van der Waals surface area contributed by atoms with Crippen LogP contribution in [0.1, 0.15) is 291 Å². The van der Waals surface area contributed by atoms with Crippen molar-refractivity contribution in [1.82, 2.24) is 0 Å². The first-order valence-electron chi connectivity index (χ1n) is 26.2. The van der Waals surface area contributed by atoms with Gasteiger partial charge in [0.05, 0.1) is 0 Å². The van der Waals surface area contributed by atoms with Gasteiger partial charge >= 0.3 is 17.9 Å². The molecule has 0 radical (unpaired) electrons. The largest absolute Gasteiger partial charge is 0.462 e. The second-order valence-corrected chi connectivity index (χ2v) is 19.1. The number of carbonyl (C=O) groups excluding carboxylic acids is 3. The summed E-state index contributed by atoms with van der Waals surface area (Å²) >= 11 is 0. The first-order chi connectivity index (χ1) is 28.7. The third-order valence-corrected chi connectivity index (χ3v) is 12.0. The number of hydrogen-bond donors (Lipinski definition) is 0. The molecule has 6 heteroatoms. The van der Waals surface area contributed by atoms with Gasteiger partial charge in [-0.1, -0.05) is 253 Å². The zero-order valence-corrected chi connectivity index (χ0v) is 40.4. The summed E-state index contributed by atoms with van der Waals surface area (Å²) in [7, 11) is 0. The average Bonchev–Trinajstić information content (AvgIpc) is 3.20. The molecule has 0 bridgehead atoms. The maximum atomic E-state index is 12.8. The highest BCUT2D eigenvalue weighted by Gasteiger charge is 2.19. The van der Waals surface area contributed by atoms with Gasteiger partial charge in [0.25, 0.3) is 0 Å². The van der Waals surface area contributed by atoms with Crippen LogP contribution in [0.15, 0.2) is 0 Å². The van der Waals surface area contributed by atoms with Crippen molar-refractivity contribution in [3.63, 3.8) is 0 Å². The minimum absolute atomic E-state index is 0.0640. The molecule has 350 valence electrons. The second kappa shape index (κ2) is 45.9. The van der Waals surface area contributed by atoms with Gasteiger partial charge in [0, 0.05) is 19.3 Å². The molecular weight excluding hydrogens is 733 g/mol. The predicted molar refractivity (Wildman–Crippen MR) is 252 cm³/mol. The first kappa shape index (κ1) is 57.4. The monoisotopic (exact) mass is 835 g/mol. The summed E-state index contributed by atoms with van der Waals surface area (Å²) in [6.07, 6.45) is 46.7. The number of ether oxygens (including phenoxy) is 3. The highest BCUT2D eigenvalue weighted by molar-refractivity contribution is 5.71. The van der Waals surface area contributed by atoms with Crippen LogP contribution in [0, 0.1) is 11.8 Å². The molecular formula is C53H102O6. The molecule has 0 aliphatic heterocycles. The van der Waals surface area contributed by atoms with Crippen LogP contribution in [0.5, 0.6) is 0 Å². The fourth-order valence-electron chi connectivity index (χ4n) is 7.99. The molecule has 0 aromatic heterocycles. The summed E-state index contributed by atoms with van der Waals surface area (Å²) in [6, 6.07) is 0. The number of unbranched alkanes of at least 4 members (excludes halogenated alkanes) is 32. The van der Waals surface area contributed by atoms with Gasteiger partial charge in [-0.25, -0.2) is 0 Å². The Bertz CT molecular complexity index is 900. The molecule has 0 aromatic carbocycles. The lowest BCUT2D eigenvalue weighted by Gasteiger charge is -2.18. The zero-order valence-electron chi connectivity index (χ0n) is 40.4. The number of esters is 3. The van der Waals surface area contributed by atoms with Crippen molar-refractivity contribution in [3.8, 4) is 0 Å². The van der Waals surface area contributed by atoms with E-state index in [0.29, 0.717) is 19.3 Å². The molecule has 0 unspecified atom stereocenters. The Kier molecular flexibility index (Phi) is 44.7. The third-order valence-electron chi connectivity index (χ3n) is 12.0. The number of carbonyl (C=O) groups is 3. The van der Waals surface area contributed by atoms with E-state index in [0.717, 1.165) is 69.6 Å². The minimum Gasteiger partial charge on any atom is -0.462 e. The van der Waals surface area contributed by atoms with E-state index in [2.05, 4.69) is 34.6 Å². The molecule has 0 rings (SSSR count). The van der Waals surface area contributed by atoms with E-state index in [-0.39, 0.29) is 31.1 Å². The molecule has 0 fully saturated rings. The summed E-state index contributed by atoms with van der Waals surface area (Å²) in [5, 5.41) is 0. The number of hydrogen-bond acceptors (Lipinski definition) is 6. The van der Waals surface area contributed by atoms with Gasteiger partial charge in [-0.15, -0.1) is 0 Å². The molecule has 0 saturated carbocycles. The second-order valence-electron chi connectivity index (χ2n) is 19.1. The van der Waals surface area contributed by atoms with Gasteiger partial charge in [-0.2, -0.15) is 0 Å². The van der Waals surface area contributed by atoms with Crippen molar-refractivity contribution in [2.45, 2.75) is 298 Å². The van der Waals surface area contributed by atoms with Gasteiger partial charge < -0.3 is 14.2 Å². The Morgan fingerprint density at radius 3 is 0.831 bits per heavy atom. The van der Waals surface area contributed by atoms with Crippen molar-refractivity contribution in [2.75, 3.05) is 13.2 Å². The SMILES string of the molecule is CCCCCCCCCCCCCCCCCCCC(=O)OC[C@@H](COC(=O)CCCCCCCCCCC(C)C)OC(=O)CCCCCCCCCCCCC(C)C. The van der Waals surface area contributed by atoms with E-state index in [1.54, 1.807) is 0 Å². The lowest BCUT2D eigenvalue weighted by atomic mass is 10.0. The van der Waals surface area contributed by atoms with E-state index < -0.39 is 6.10 Å². The molecule has 0 heterocycles. The standard InChI is InChI=1S/C53H102O6/c1-6-7-8-9-10-11-12-13-14-15-16-17-18-22-28-33-38-43-51(54)57-46-50(47-58-52(55)44-39-34-29-25-24-27-32-37-42-49(4)5)59-53(56)45-40-35-30-23-20-19-21-26-31-36-41-48(2)3/h48-50H,6-47H2,1-5H3/t50-/m0/s1. The maximum absolute atomic E-state index is 12.8. The van der Waals surface area contributed by atoms with Crippen molar-refractivity contribution in [2.24, 2.45) is 11.8 Å². The lowest BCUT2D eigenvalue weighted by Crippen LogP contribution is -2.30. The molecule has 0 amide bonds. The summed E-state index contributed by atoms with van der Waals surface area (Å²) in [5.41, 5.74) is 0. The molecule has 0 aromatic rings. The van der Waals surface area contributed by atoms with E-state index in [9.17, 15) is 14.4 Å². The molecule has 59 heavy (non-hydrogen) atoms. The van der Waals surface area contributed by atoms with Crippen LogP contribution < -0.4 is 0 Å². The summed E-state index contributed by atoms with van der Waals surface area (Å²) in [4.78, 5) is 37.9. The molecule has 0 saturated heterocycles. The highest BCUT2D eigenvalue weighted by Crippen LogP contribution is 2.17. The van der Waals surface area contributed by atoms with Crippen LogP contribution in [0.25, 0.3) is 0 Å². The van der Waals surface area contributed by atoms with Crippen molar-refractivity contribution in [1.29, 1.82) is 0 Å². The zero-order chi connectivity index (χ0) is 43.3. The van der Waals surface area contributed by atoms with Crippen molar-refractivity contribution in [3.05, 3.63) is 0 Å². The van der Waals surface area contributed by atoms with Gasteiger partial charge in [0.2, 0.25) is 0 Å². The molecule has 1 atom stereocenters. The highest BCUT2D eigenvalue weighted by atomic mass is 16.6. The Labute approximate surface area is 368 Å². The maximum Gasteiger partial charge on any atom is 0.306 e. The topological polar surface area (TPSA) is 78.9 Å². The average molecular weight is 835 g/mol. The summed E-state index contributed by atoms with van der Waals surface area (Å²) < 4.78 is 16.8. The van der Waals surface area contributed by atoms with Crippen LogP contribution in [-0.2, 0) is 28.6 Å². The Morgan fingerprint density at radius 1 is 0.322 bits per heavy atom. The molecule has 0 spiro atoms. The molecule has 0 N–H and O–H groups in total. The van der Waals surface area contributed by atoms with Crippen LogP contribution in [-0.4, -0.2) is 37.2 Å². The summed E-state index contributed by atoms with van der Waals surface area (Å²) in [5.74, 6) is 0.763. The molecule has 0 aliphatic carbocycles. The van der Waals surface area contributed by atoms with Crippen LogP contribution >= 0.6 is 0 Å². The normalized spacial score (nSPS) is 12.1. The van der Waals surface area contributed by atoms with Gasteiger partial charge in [-0.05, 0) is 31.1 Å². The van der Waals surface area contributed by atoms with Crippen molar-refractivity contribution >= 4 is 17.9 Å². The Balaban J connectivity index is 4.28. The first-order valence-corrected chi connectivity index (χ1v) is 26.2. The van der Waals surface area contributed by atoms with Crippen LogP contribution in [0.3, 0.4) is 0 Å². The van der Waals surface area contributed by atoms with Gasteiger partial charge in [0.1, 0.15) is 13.2 Å². The lowest BCUT2D eigenvalue weighted by molar-refractivity contribution is -0.167. The fraction of sp³-hybridized carbons (Fsp3) is 0.943. The van der Waals surface area contributed by atoms with Crippen LogP contribution in [0.4, 0.5) is 0 Å². The smallest absolute Gasteiger partial charge is 0.306 e. The Hall–Kier alpha value is -1.59. The summed E-state index contributed by atoms with van der Waals surface area (Å²) in [6.45, 7) is 11.3. The predicted octanol–water partition coefficient (Wildman–Crippen LogP) is 16.9. The quantitative estimate of drug-likeness (QED) is 0.0345. The Morgan fingerprint density at radius 2 is 0.559 bits per heavy atom. The molecule has 0 aliphatic rings. The fourth-order valence-corrected chi connectivity index (χ4v) is 7.99. The van der Waals surface area contributed by atoms with Gasteiger partial charge in [-0.3, -0.25) is 14.4 Å². The minimum atomic E-state index is -0.762. The van der Waals surface area contributed by atoms with E-state index in [4.69, 9.17) is 14.2 Å². The van der Waals surface area contributed by atoms with Crippen LogP contribution in [0.2, 0.25) is 0 Å². The van der Waals surface area contributed by atoms with Gasteiger partial charge in [0.15, 0.2) is 6.10 Å².